The highest BCUT2D eigenvalue weighted by molar-refractivity contribution is 5.71. The third kappa shape index (κ3) is 29.7. The zero-order chi connectivity index (χ0) is 30.2. The minimum atomic E-state index is -0.753. The molecule has 1 atom stereocenters. The van der Waals surface area contributed by atoms with E-state index in [1.807, 2.05) is 0 Å². The van der Waals surface area contributed by atoms with Crippen LogP contribution in [0.1, 0.15) is 188 Å². The van der Waals surface area contributed by atoms with Crippen molar-refractivity contribution < 1.29 is 28.6 Å². The van der Waals surface area contributed by atoms with Gasteiger partial charge in [-0.15, -0.1) is 0 Å². The van der Waals surface area contributed by atoms with Gasteiger partial charge in [-0.2, -0.15) is 0 Å². The first-order valence-corrected chi connectivity index (χ1v) is 17.5. The lowest BCUT2D eigenvalue weighted by Crippen LogP contribution is -2.30. The summed E-state index contributed by atoms with van der Waals surface area (Å²) in [7, 11) is 0. The van der Waals surface area contributed by atoms with E-state index in [9.17, 15) is 14.4 Å². The Morgan fingerprint density at radius 2 is 0.659 bits per heavy atom. The maximum atomic E-state index is 12.5. The van der Waals surface area contributed by atoms with E-state index in [1.54, 1.807) is 0 Å². The van der Waals surface area contributed by atoms with Gasteiger partial charge in [-0.3, -0.25) is 14.4 Å². The molecule has 0 bridgehead atoms. The number of esters is 3. The number of carbonyl (C=O) groups excluding carboxylic acids is 3. The van der Waals surface area contributed by atoms with Gasteiger partial charge in [-0.05, 0) is 19.3 Å². The quantitative estimate of drug-likeness (QED) is 0.0459. The highest BCUT2D eigenvalue weighted by atomic mass is 16.6. The Balaban J connectivity index is 4.29. The lowest BCUT2D eigenvalue weighted by molar-refractivity contribution is -0.167. The molecule has 6 nitrogen and oxygen atoms in total. The maximum Gasteiger partial charge on any atom is 0.306 e. The minimum Gasteiger partial charge on any atom is -0.462 e. The standard InChI is InChI=1S/C35H66O6/c1-4-7-10-13-15-16-17-18-20-23-26-29-35(38)41-32(30-39-33(36)27-24-21-12-9-6-3)31-40-34(37)28-25-22-19-14-11-8-5-2/h32H,4-31H2,1-3H3/t32-/m1/s1. The van der Waals surface area contributed by atoms with Crippen LogP contribution in [0.25, 0.3) is 0 Å². The van der Waals surface area contributed by atoms with Gasteiger partial charge in [0.2, 0.25) is 0 Å². The average Bonchev–Trinajstić information content (AvgIpc) is 2.96. The van der Waals surface area contributed by atoms with Crippen LogP contribution in [-0.2, 0) is 28.6 Å². The van der Waals surface area contributed by atoms with Gasteiger partial charge < -0.3 is 14.2 Å². The predicted molar refractivity (Wildman–Crippen MR) is 169 cm³/mol. The summed E-state index contributed by atoms with van der Waals surface area (Å²) in [6.45, 7) is 6.48. The van der Waals surface area contributed by atoms with Crippen LogP contribution in [0.4, 0.5) is 0 Å². The third-order valence-electron chi connectivity index (χ3n) is 7.61. The summed E-state index contributed by atoms with van der Waals surface area (Å²) in [6, 6.07) is 0. The molecule has 242 valence electrons. The second-order valence-corrected chi connectivity index (χ2v) is 11.8. The Morgan fingerprint density at radius 1 is 0.390 bits per heavy atom. The van der Waals surface area contributed by atoms with Crippen LogP contribution >= 0.6 is 0 Å². The van der Waals surface area contributed by atoms with Gasteiger partial charge >= 0.3 is 17.9 Å². The monoisotopic (exact) mass is 582 g/mol. The molecule has 0 aliphatic carbocycles. The Kier molecular flexibility index (Phi) is 30.1. The van der Waals surface area contributed by atoms with Crippen molar-refractivity contribution in [1.29, 1.82) is 0 Å². The van der Waals surface area contributed by atoms with Gasteiger partial charge in [0.05, 0.1) is 0 Å². The summed E-state index contributed by atoms with van der Waals surface area (Å²) in [5.41, 5.74) is 0. The molecule has 0 aromatic rings. The summed E-state index contributed by atoms with van der Waals surface area (Å²) in [4.78, 5) is 36.9. The lowest BCUT2D eigenvalue weighted by atomic mass is 10.1. The van der Waals surface area contributed by atoms with Crippen LogP contribution < -0.4 is 0 Å². The molecule has 0 amide bonds. The van der Waals surface area contributed by atoms with Crippen LogP contribution in [0.5, 0.6) is 0 Å². The Morgan fingerprint density at radius 3 is 0.976 bits per heavy atom. The molecule has 0 rings (SSSR count). The molecule has 0 aliphatic rings. The fraction of sp³-hybridized carbons (Fsp3) is 0.914. The van der Waals surface area contributed by atoms with Crippen LogP contribution in [0.15, 0.2) is 0 Å². The van der Waals surface area contributed by atoms with Crippen molar-refractivity contribution >= 4 is 17.9 Å². The van der Waals surface area contributed by atoms with Crippen LogP contribution in [-0.4, -0.2) is 37.2 Å². The maximum absolute atomic E-state index is 12.5. The normalized spacial score (nSPS) is 11.8. The smallest absolute Gasteiger partial charge is 0.306 e. The van der Waals surface area contributed by atoms with Gasteiger partial charge in [0.1, 0.15) is 13.2 Å². The summed E-state index contributed by atoms with van der Waals surface area (Å²) in [5.74, 6) is -0.890. The first-order chi connectivity index (χ1) is 20.0. The fourth-order valence-electron chi connectivity index (χ4n) is 4.91. The molecule has 0 fully saturated rings. The first-order valence-electron chi connectivity index (χ1n) is 17.5. The van der Waals surface area contributed by atoms with E-state index in [0.29, 0.717) is 19.3 Å². The van der Waals surface area contributed by atoms with Crippen molar-refractivity contribution in [2.75, 3.05) is 13.2 Å². The second-order valence-electron chi connectivity index (χ2n) is 11.8. The van der Waals surface area contributed by atoms with Crippen molar-refractivity contribution in [2.24, 2.45) is 0 Å². The van der Waals surface area contributed by atoms with Gasteiger partial charge in [-0.25, -0.2) is 0 Å². The molecule has 0 aromatic heterocycles. The molecule has 0 saturated carbocycles. The van der Waals surface area contributed by atoms with E-state index >= 15 is 0 Å². The van der Waals surface area contributed by atoms with Crippen LogP contribution in [0, 0.1) is 0 Å². The van der Waals surface area contributed by atoms with Crippen molar-refractivity contribution in [1.82, 2.24) is 0 Å². The number of unbranched alkanes of at least 4 members (excludes halogenated alkanes) is 20. The molecular weight excluding hydrogens is 516 g/mol. The van der Waals surface area contributed by atoms with E-state index in [0.717, 1.165) is 64.2 Å². The highest BCUT2D eigenvalue weighted by Crippen LogP contribution is 2.13. The molecule has 6 heteroatoms. The van der Waals surface area contributed by atoms with Gasteiger partial charge in [0, 0.05) is 19.3 Å². The van der Waals surface area contributed by atoms with Crippen molar-refractivity contribution in [3.05, 3.63) is 0 Å². The highest BCUT2D eigenvalue weighted by Gasteiger charge is 2.19. The third-order valence-corrected chi connectivity index (χ3v) is 7.61. The predicted octanol–water partition coefficient (Wildman–Crippen LogP) is 10.2. The Bertz CT molecular complexity index is 605. The van der Waals surface area contributed by atoms with Crippen LogP contribution in [0.2, 0.25) is 0 Å². The molecule has 41 heavy (non-hydrogen) atoms. The Labute approximate surface area is 253 Å². The van der Waals surface area contributed by atoms with Crippen molar-refractivity contribution in [3.8, 4) is 0 Å². The van der Waals surface area contributed by atoms with Gasteiger partial charge in [-0.1, -0.05) is 149 Å². The summed E-state index contributed by atoms with van der Waals surface area (Å²) >= 11 is 0. The van der Waals surface area contributed by atoms with E-state index in [1.165, 1.54) is 83.5 Å². The molecule has 0 unspecified atom stereocenters. The second kappa shape index (κ2) is 31.3. The van der Waals surface area contributed by atoms with Crippen molar-refractivity contribution in [2.45, 2.75) is 194 Å². The van der Waals surface area contributed by atoms with E-state index < -0.39 is 6.10 Å². The fourth-order valence-corrected chi connectivity index (χ4v) is 4.91. The molecule has 0 aliphatic heterocycles. The molecule has 0 aromatic carbocycles. The van der Waals surface area contributed by atoms with E-state index in [2.05, 4.69) is 20.8 Å². The van der Waals surface area contributed by atoms with E-state index in [-0.39, 0.29) is 31.1 Å². The van der Waals surface area contributed by atoms with Gasteiger partial charge in [0.25, 0.3) is 0 Å². The molecule has 0 N–H and O–H groups in total. The first kappa shape index (κ1) is 39.4. The van der Waals surface area contributed by atoms with Gasteiger partial charge in [0.15, 0.2) is 6.10 Å². The zero-order valence-corrected chi connectivity index (χ0v) is 27.3. The lowest BCUT2D eigenvalue weighted by Gasteiger charge is -2.18. The Hall–Kier alpha value is -1.59. The van der Waals surface area contributed by atoms with E-state index in [4.69, 9.17) is 14.2 Å². The van der Waals surface area contributed by atoms with Crippen molar-refractivity contribution in [3.63, 3.8) is 0 Å². The number of hydrogen-bond donors (Lipinski definition) is 0. The topological polar surface area (TPSA) is 78.9 Å². The number of rotatable bonds is 31. The number of carbonyl (C=O) groups is 3. The molecule has 0 spiro atoms. The number of ether oxygens (including phenoxy) is 3. The molecule has 0 heterocycles. The molecule has 0 saturated heterocycles. The molecule has 0 radical (unpaired) electrons. The van der Waals surface area contributed by atoms with Crippen LogP contribution in [0.3, 0.4) is 0 Å². The summed E-state index contributed by atoms with van der Waals surface area (Å²) < 4.78 is 16.4. The minimum absolute atomic E-state index is 0.0664. The zero-order valence-electron chi connectivity index (χ0n) is 27.3. The SMILES string of the molecule is CCCCCCCCCCCCCC(=O)O[C@H](COC(=O)CCCCCCC)COC(=O)CCCCCCCCC. The summed E-state index contributed by atoms with van der Waals surface area (Å²) in [5, 5.41) is 0. The number of hydrogen-bond acceptors (Lipinski definition) is 6. The molecular formula is C35H66O6. The summed E-state index contributed by atoms with van der Waals surface area (Å²) in [6.07, 6.45) is 26.9. The average molecular weight is 583 g/mol. The largest absolute Gasteiger partial charge is 0.462 e.